The van der Waals surface area contributed by atoms with E-state index in [0.29, 0.717) is 11.1 Å². The van der Waals surface area contributed by atoms with E-state index in [1.54, 1.807) is 18.3 Å². The molecule has 0 saturated heterocycles. The smallest absolute Gasteiger partial charge is 0.208 e. The van der Waals surface area contributed by atoms with Crippen molar-refractivity contribution in [1.29, 1.82) is 0 Å². The molecule has 0 fully saturated rings. The lowest BCUT2D eigenvalue weighted by Crippen LogP contribution is -1.95. The van der Waals surface area contributed by atoms with Gasteiger partial charge in [-0.05, 0) is 36.7 Å². The van der Waals surface area contributed by atoms with E-state index >= 15 is 0 Å². The van der Waals surface area contributed by atoms with Crippen LogP contribution in [0.25, 0.3) is 17.0 Å². The lowest BCUT2D eigenvalue weighted by Gasteiger charge is -2.00. The van der Waals surface area contributed by atoms with E-state index in [4.69, 9.17) is 16.0 Å². The normalized spacial score (nSPS) is 11.1. The van der Waals surface area contributed by atoms with Crippen LogP contribution in [0.4, 0.5) is 0 Å². The first-order chi connectivity index (χ1) is 7.75. The van der Waals surface area contributed by atoms with Gasteiger partial charge in [0.2, 0.25) is 5.88 Å². The lowest BCUT2D eigenvalue weighted by molar-refractivity contribution is 0.540. The number of hydrogen-bond donors (Lipinski definition) is 0. The molecular weight excluding hydrogens is 226 g/mol. The zero-order valence-electron chi connectivity index (χ0n) is 8.51. The average Bonchev–Trinajstić information content (AvgIpc) is 2.80. The summed E-state index contributed by atoms with van der Waals surface area (Å²) < 4.78 is 7.20. The second-order valence-corrected chi connectivity index (χ2v) is 3.79. The van der Waals surface area contributed by atoms with Crippen molar-refractivity contribution in [3.8, 4) is 5.88 Å². The minimum absolute atomic E-state index is 0.354. The summed E-state index contributed by atoms with van der Waals surface area (Å²) in [5.74, 6) is 1.45. The maximum Gasteiger partial charge on any atom is 0.208 e. The maximum absolute atomic E-state index is 5.76. The monoisotopic (exact) mass is 233 g/mol. The number of aromatic nitrogens is 3. The van der Waals surface area contributed by atoms with Crippen molar-refractivity contribution in [3.05, 3.63) is 41.5 Å². The molecule has 0 spiro atoms. The highest BCUT2D eigenvalue weighted by Gasteiger charge is 2.12. The predicted molar refractivity (Wildman–Crippen MR) is 60.9 cm³/mol. The number of imidazole rings is 1. The van der Waals surface area contributed by atoms with Crippen LogP contribution in [0.15, 0.2) is 34.9 Å². The molecule has 0 atom stereocenters. The third-order valence-corrected chi connectivity index (χ3v) is 2.57. The van der Waals surface area contributed by atoms with Crippen molar-refractivity contribution in [1.82, 2.24) is 14.5 Å². The number of nitrogens with zero attached hydrogens (tertiary/aromatic N) is 3. The minimum Gasteiger partial charge on any atom is -0.428 e. The van der Waals surface area contributed by atoms with E-state index < -0.39 is 0 Å². The summed E-state index contributed by atoms with van der Waals surface area (Å²) in [7, 11) is 0. The van der Waals surface area contributed by atoms with Crippen molar-refractivity contribution in [2.24, 2.45) is 0 Å². The molecule has 0 bridgehead atoms. The molecule has 0 N–H and O–H groups in total. The Morgan fingerprint density at radius 1 is 1.31 bits per heavy atom. The van der Waals surface area contributed by atoms with Gasteiger partial charge in [0, 0.05) is 12.3 Å². The Morgan fingerprint density at radius 3 is 2.94 bits per heavy atom. The van der Waals surface area contributed by atoms with Gasteiger partial charge in [-0.15, -0.1) is 0 Å². The summed E-state index contributed by atoms with van der Waals surface area (Å²) in [6.45, 7) is 1.90. The number of pyridine rings is 1. The molecule has 5 heteroatoms. The number of halogens is 1. The van der Waals surface area contributed by atoms with Crippen molar-refractivity contribution in [2.45, 2.75) is 6.92 Å². The van der Waals surface area contributed by atoms with Crippen LogP contribution in [0.5, 0.6) is 0 Å². The largest absolute Gasteiger partial charge is 0.428 e. The third-order valence-electron chi connectivity index (χ3n) is 2.36. The highest BCUT2D eigenvalue weighted by Crippen LogP contribution is 2.22. The molecular formula is C11H8ClN3O. The Morgan fingerprint density at radius 2 is 2.19 bits per heavy atom. The second kappa shape index (κ2) is 3.35. The molecule has 3 aromatic heterocycles. The fraction of sp³-hybridized carbons (Fsp3) is 0.0909. The zero-order chi connectivity index (χ0) is 11.1. The molecule has 16 heavy (non-hydrogen) atoms. The van der Waals surface area contributed by atoms with Crippen molar-refractivity contribution in [3.63, 3.8) is 0 Å². The predicted octanol–water partition coefficient (Wildman–Crippen LogP) is 2.98. The Kier molecular flexibility index (Phi) is 1.97. The zero-order valence-corrected chi connectivity index (χ0v) is 9.27. The van der Waals surface area contributed by atoms with Gasteiger partial charge in [-0.25, -0.2) is 9.97 Å². The molecule has 4 nitrogen and oxygen atoms in total. The molecule has 3 aromatic rings. The first-order valence-electron chi connectivity index (χ1n) is 4.81. The summed E-state index contributed by atoms with van der Waals surface area (Å²) in [5, 5.41) is 0.354. The molecule has 80 valence electrons. The first kappa shape index (κ1) is 9.42. The van der Waals surface area contributed by atoms with Crippen molar-refractivity contribution in [2.75, 3.05) is 0 Å². The van der Waals surface area contributed by atoms with Gasteiger partial charge in [-0.2, -0.15) is 0 Å². The molecule has 0 radical (unpaired) electrons. The molecule has 0 amide bonds. The summed E-state index contributed by atoms with van der Waals surface area (Å²) in [6.07, 6.45) is 1.73. The number of fused-ring (bicyclic) bond motifs is 1. The number of hydrogen-bond acceptors (Lipinski definition) is 3. The molecule has 3 heterocycles. The molecule has 3 rings (SSSR count). The topological polar surface area (TPSA) is 43.9 Å². The molecule has 0 aliphatic heterocycles. The number of rotatable bonds is 1. The third kappa shape index (κ3) is 1.31. The summed E-state index contributed by atoms with van der Waals surface area (Å²) in [5.41, 5.74) is 1.61. The molecule has 0 aromatic carbocycles. The standard InChI is InChI=1S/C11H8ClN3O/c1-7-14-8-3-2-6-13-11(8)15(7)10-5-4-9(12)16-10/h2-6H,1H3. The van der Waals surface area contributed by atoms with Gasteiger partial charge in [0.25, 0.3) is 0 Å². The summed E-state index contributed by atoms with van der Waals surface area (Å²) in [6, 6.07) is 7.26. The van der Waals surface area contributed by atoms with Gasteiger partial charge in [0.1, 0.15) is 11.3 Å². The van der Waals surface area contributed by atoms with E-state index in [2.05, 4.69) is 9.97 Å². The van der Waals surface area contributed by atoms with Crippen LogP contribution < -0.4 is 0 Å². The SMILES string of the molecule is Cc1nc2cccnc2n1-c1ccc(Cl)o1. The van der Waals surface area contributed by atoms with Gasteiger partial charge in [-0.1, -0.05) is 0 Å². The van der Waals surface area contributed by atoms with Gasteiger partial charge in [-0.3, -0.25) is 4.57 Å². The van der Waals surface area contributed by atoms with Crippen LogP contribution >= 0.6 is 11.6 Å². The van der Waals surface area contributed by atoms with E-state index in [-0.39, 0.29) is 0 Å². The number of furan rings is 1. The maximum atomic E-state index is 5.76. The lowest BCUT2D eigenvalue weighted by atomic mass is 10.4. The highest BCUT2D eigenvalue weighted by molar-refractivity contribution is 6.28. The average molecular weight is 234 g/mol. The van der Waals surface area contributed by atoms with Crippen LogP contribution in [0.2, 0.25) is 5.22 Å². The molecule has 0 aliphatic rings. The molecule has 0 saturated carbocycles. The number of aryl methyl sites for hydroxylation is 1. The fourth-order valence-electron chi connectivity index (χ4n) is 1.71. The first-order valence-corrected chi connectivity index (χ1v) is 5.19. The van der Waals surface area contributed by atoms with Crippen LogP contribution in [-0.2, 0) is 0 Å². The van der Waals surface area contributed by atoms with E-state index in [0.717, 1.165) is 17.0 Å². The van der Waals surface area contributed by atoms with Crippen LogP contribution in [-0.4, -0.2) is 14.5 Å². The Hall–Kier alpha value is -1.81. The van der Waals surface area contributed by atoms with Gasteiger partial charge >= 0.3 is 0 Å². The van der Waals surface area contributed by atoms with Gasteiger partial charge in [0.15, 0.2) is 10.9 Å². The molecule has 0 unspecified atom stereocenters. The second-order valence-electron chi connectivity index (χ2n) is 3.42. The quantitative estimate of drug-likeness (QED) is 0.649. The highest BCUT2D eigenvalue weighted by atomic mass is 35.5. The minimum atomic E-state index is 0.354. The van der Waals surface area contributed by atoms with E-state index in [1.165, 1.54) is 0 Å². The Labute approximate surface area is 96.5 Å². The summed E-state index contributed by atoms with van der Waals surface area (Å²) in [4.78, 5) is 8.68. The molecule has 0 aliphatic carbocycles. The van der Waals surface area contributed by atoms with Crippen molar-refractivity contribution < 1.29 is 4.42 Å². The Bertz CT molecular complexity index is 656. The fourth-order valence-corrected chi connectivity index (χ4v) is 1.86. The van der Waals surface area contributed by atoms with Gasteiger partial charge in [0.05, 0.1) is 0 Å². The van der Waals surface area contributed by atoms with Crippen LogP contribution in [0, 0.1) is 6.92 Å². The van der Waals surface area contributed by atoms with Crippen LogP contribution in [0.1, 0.15) is 5.82 Å². The van der Waals surface area contributed by atoms with Crippen molar-refractivity contribution >= 4 is 22.8 Å². The Balaban J connectivity index is 2.34. The van der Waals surface area contributed by atoms with Gasteiger partial charge < -0.3 is 4.42 Å². The summed E-state index contributed by atoms with van der Waals surface area (Å²) >= 11 is 5.76. The van der Waals surface area contributed by atoms with Crippen LogP contribution in [0.3, 0.4) is 0 Å². The van der Waals surface area contributed by atoms with E-state index in [1.807, 2.05) is 23.6 Å². The van der Waals surface area contributed by atoms with E-state index in [9.17, 15) is 0 Å².